The van der Waals surface area contributed by atoms with Crippen LogP contribution >= 0.6 is 0 Å². The topological polar surface area (TPSA) is 237 Å². The molecule has 2 atom stereocenters. The molecule has 3 aromatic carbocycles. The summed E-state index contributed by atoms with van der Waals surface area (Å²) < 4.78 is 86.6. The van der Waals surface area contributed by atoms with Crippen molar-refractivity contribution in [3.8, 4) is 11.4 Å². The van der Waals surface area contributed by atoms with E-state index in [9.17, 15) is 41.0 Å². The molecule has 4 aromatic rings. The first-order valence-electron chi connectivity index (χ1n) is 15.8. The van der Waals surface area contributed by atoms with Crippen LogP contribution in [-0.4, -0.2) is 97.8 Å². The predicted octanol–water partition coefficient (Wildman–Crippen LogP) is 5.04. The van der Waals surface area contributed by atoms with Crippen LogP contribution in [0.4, 0.5) is 36.4 Å². The molecule has 0 saturated carbocycles. The van der Waals surface area contributed by atoms with Crippen molar-refractivity contribution >= 4 is 29.4 Å². The van der Waals surface area contributed by atoms with E-state index in [-0.39, 0.29) is 46.9 Å². The van der Waals surface area contributed by atoms with Crippen LogP contribution in [-0.2, 0) is 16.0 Å². The number of para-hydroxylation sites is 1. The summed E-state index contributed by atoms with van der Waals surface area (Å²) in [4.78, 5) is 47.4. The Labute approximate surface area is 312 Å². The first-order chi connectivity index (χ1) is 25.9. The molecule has 0 aliphatic rings. The number of carboxylic acids is 3. The van der Waals surface area contributed by atoms with Crippen molar-refractivity contribution in [3.63, 3.8) is 0 Å². The van der Waals surface area contributed by atoms with E-state index in [1.54, 1.807) is 48.5 Å². The number of nitrogens with one attached hydrogen (secondary N) is 3. The lowest BCUT2D eigenvalue weighted by atomic mass is 10.00. The third kappa shape index (κ3) is 12.8. The fourth-order valence-corrected chi connectivity index (χ4v) is 4.24. The number of carboxylic acid groups (broad SMARTS) is 3. The molecule has 15 nitrogen and oxygen atoms in total. The number of hydrogen-bond donors (Lipinski definition) is 7. The lowest BCUT2D eigenvalue weighted by Gasteiger charge is -2.23. The van der Waals surface area contributed by atoms with Crippen LogP contribution in [0.15, 0.2) is 65.5 Å². The minimum absolute atomic E-state index is 0.0215. The van der Waals surface area contributed by atoms with Crippen LogP contribution in [0.2, 0.25) is 0 Å². The van der Waals surface area contributed by atoms with Crippen LogP contribution in [0.25, 0.3) is 5.69 Å². The summed E-state index contributed by atoms with van der Waals surface area (Å²) in [6, 6.07) is 15.0. The highest BCUT2D eigenvalue weighted by atomic mass is 19.4. The Bertz CT molecular complexity index is 2040. The number of rotatable bonds is 12. The highest BCUT2D eigenvalue weighted by Crippen LogP contribution is 2.33. The van der Waals surface area contributed by atoms with Gasteiger partial charge >= 0.3 is 36.0 Å². The quantitative estimate of drug-likeness (QED) is 0.0567. The molecule has 56 heavy (non-hydrogen) atoms. The number of nitrogen functional groups attached to an aromatic ring is 1. The van der Waals surface area contributed by atoms with E-state index in [2.05, 4.69) is 15.4 Å². The first-order valence-corrected chi connectivity index (χ1v) is 15.8. The zero-order chi connectivity index (χ0) is 42.7. The van der Waals surface area contributed by atoms with Crippen LogP contribution in [0.1, 0.15) is 52.8 Å². The number of alkyl halides is 6. The highest BCUT2D eigenvalue weighted by Gasteiger charge is 2.39. The van der Waals surface area contributed by atoms with Gasteiger partial charge in [-0.05, 0) is 75.5 Å². The van der Waals surface area contributed by atoms with Crippen molar-refractivity contribution in [3.05, 3.63) is 105 Å². The SMILES string of the molecule is CCc1cc(OCC(C)N(C)C)c(F)c(C(Nc2ccc(C(=N)N)cc2)c2nn(-c3ccccc3C(=O)O)c(=O)[nH]2)c1.O=C(O)C(F)(F)F.O=C(O)C(F)(F)F. The van der Waals surface area contributed by atoms with Gasteiger partial charge in [0.15, 0.2) is 17.4 Å². The van der Waals surface area contributed by atoms with Crippen molar-refractivity contribution in [2.24, 2.45) is 5.73 Å². The molecule has 22 heteroatoms. The number of hydrogen-bond acceptors (Lipinski definition) is 9. The minimum Gasteiger partial charge on any atom is -0.489 e. The molecule has 2 unspecified atom stereocenters. The number of benzene rings is 3. The van der Waals surface area contributed by atoms with Crippen molar-refractivity contribution in [1.29, 1.82) is 5.41 Å². The Morgan fingerprint density at radius 3 is 1.98 bits per heavy atom. The number of aromatic amines is 1. The Hall–Kier alpha value is -6.45. The molecule has 0 aliphatic carbocycles. The number of anilines is 1. The maximum absolute atomic E-state index is 16.2. The smallest absolute Gasteiger partial charge is 0.489 e. The van der Waals surface area contributed by atoms with Gasteiger partial charge in [-0.25, -0.2) is 23.6 Å². The Kier molecular flexibility index (Phi) is 15.7. The molecular weight excluding hydrogens is 767 g/mol. The van der Waals surface area contributed by atoms with Gasteiger partial charge in [0, 0.05) is 22.9 Å². The zero-order valence-electron chi connectivity index (χ0n) is 29.8. The summed E-state index contributed by atoms with van der Waals surface area (Å²) in [6.07, 6.45) is -9.58. The van der Waals surface area contributed by atoms with E-state index in [0.29, 0.717) is 17.7 Å². The van der Waals surface area contributed by atoms with Crippen LogP contribution in [0.5, 0.6) is 5.75 Å². The Balaban J connectivity index is 0.000000657. The Morgan fingerprint density at radius 2 is 1.52 bits per heavy atom. The number of halogens is 7. The van der Waals surface area contributed by atoms with Gasteiger partial charge in [-0.1, -0.05) is 25.1 Å². The number of aryl methyl sites for hydroxylation is 1. The number of nitrogens with two attached hydrogens (primary N) is 1. The molecule has 4 rings (SSSR count). The number of aromatic nitrogens is 3. The number of nitrogens with zero attached hydrogens (tertiary/aromatic N) is 3. The summed E-state index contributed by atoms with van der Waals surface area (Å²) in [6.45, 7) is 4.15. The lowest BCUT2D eigenvalue weighted by molar-refractivity contribution is -0.193. The molecule has 0 amide bonds. The third-order valence-electron chi connectivity index (χ3n) is 7.47. The molecule has 1 aromatic heterocycles. The van der Waals surface area contributed by atoms with Crippen molar-refractivity contribution in [1.82, 2.24) is 19.7 Å². The zero-order valence-corrected chi connectivity index (χ0v) is 29.8. The van der Waals surface area contributed by atoms with Crippen LogP contribution in [0.3, 0.4) is 0 Å². The molecule has 0 fully saturated rings. The van der Waals surface area contributed by atoms with E-state index >= 15 is 4.39 Å². The molecule has 0 spiro atoms. The number of aliphatic carboxylic acids is 2. The molecule has 0 bridgehead atoms. The second kappa shape index (κ2) is 19.2. The standard InChI is InChI=1S/C30H34FN7O4.2C2HF3O2/c1-5-18-14-22(25(31)24(15-18)42-16-17(2)37(3)4)26(34-20-12-10-19(11-13-20)27(32)33)28-35-30(41)38(36-28)23-9-7-6-8-21(23)29(39)40;2*3-2(4,5)1(6)7/h6-15,17,26,34H,5,16H2,1-4H3,(H3,32,33)(H,39,40)(H,35,36,41);2*(H,6,7). The van der Waals surface area contributed by atoms with Crippen molar-refractivity contribution < 1.29 is 65.2 Å². The monoisotopic (exact) mass is 803 g/mol. The molecule has 8 N–H and O–H groups in total. The average Bonchev–Trinajstić information content (AvgIpc) is 3.50. The number of aromatic carboxylic acids is 1. The summed E-state index contributed by atoms with van der Waals surface area (Å²) in [5.41, 5.74) is 6.86. The summed E-state index contributed by atoms with van der Waals surface area (Å²) in [7, 11) is 3.82. The highest BCUT2D eigenvalue weighted by molar-refractivity contribution is 5.95. The number of ether oxygens (including phenoxy) is 1. The van der Waals surface area contributed by atoms with Crippen LogP contribution < -0.4 is 21.5 Å². The normalized spacial score (nSPS) is 12.3. The van der Waals surface area contributed by atoms with Gasteiger partial charge in [-0.3, -0.25) is 10.4 Å². The lowest BCUT2D eigenvalue weighted by Crippen LogP contribution is -2.30. The molecule has 304 valence electrons. The fraction of sp³-hybridized carbons (Fsp3) is 0.294. The maximum Gasteiger partial charge on any atom is 0.490 e. The summed E-state index contributed by atoms with van der Waals surface area (Å²) >= 11 is 0. The van der Waals surface area contributed by atoms with Gasteiger partial charge in [0.1, 0.15) is 18.5 Å². The second-order valence-corrected chi connectivity index (χ2v) is 11.7. The van der Waals surface area contributed by atoms with Crippen molar-refractivity contribution in [2.75, 3.05) is 26.0 Å². The minimum atomic E-state index is -5.08. The van der Waals surface area contributed by atoms with Crippen LogP contribution in [0, 0.1) is 11.2 Å². The molecule has 0 saturated heterocycles. The van der Waals surface area contributed by atoms with Gasteiger partial charge in [0.2, 0.25) is 0 Å². The van der Waals surface area contributed by atoms with E-state index in [0.717, 1.165) is 10.2 Å². The first kappa shape index (κ1) is 45.7. The van der Waals surface area contributed by atoms with Gasteiger partial charge in [0.25, 0.3) is 0 Å². The second-order valence-electron chi connectivity index (χ2n) is 11.7. The van der Waals surface area contributed by atoms with E-state index in [1.165, 1.54) is 12.1 Å². The molecule has 0 radical (unpaired) electrons. The van der Waals surface area contributed by atoms with E-state index < -0.39 is 47.8 Å². The fourth-order valence-electron chi connectivity index (χ4n) is 4.24. The number of carbonyl (C=O) groups is 3. The molecule has 0 aliphatic heterocycles. The summed E-state index contributed by atoms with van der Waals surface area (Å²) in [5.74, 6) is -7.35. The number of likely N-dealkylation sites (N-methyl/N-ethyl adjacent to an activating group) is 1. The number of H-pyrrole nitrogens is 1. The maximum atomic E-state index is 16.2. The largest absolute Gasteiger partial charge is 0.490 e. The third-order valence-corrected chi connectivity index (χ3v) is 7.47. The van der Waals surface area contributed by atoms with E-state index in [4.69, 9.17) is 35.7 Å². The molecule has 1 heterocycles. The van der Waals surface area contributed by atoms with Gasteiger partial charge in [0.05, 0.1) is 11.3 Å². The number of amidine groups is 1. The van der Waals surface area contributed by atoms with Gasteiger partial charge in [-0.15, -0.1) is 5.10 Å². The van der Waals surface area contributed by atoms with Gasteiger partial charge in [-0.2, -0.15) is 31.0 Å². The van der Waals surface area contributed by atoms with E-state index in [1.807, 2.05) is 32.8 Å². The molecular formula is C34H36F7N7O8. The average molecular weight is 804 g/mol. The predicted molar refractivity (Wildman–Crippen MR) is 186 cm³/mol. The summed E-state index contributed by atoms with van der Waals surface area (Å²) in [5, 5.41) is 39.2. The van der Waals surface area contributed by atoms with Crippen molar-refractivity contribution in [2.45, 2.75) is 44.7 Å². The Morgan fingerprint density at radius 1 is 0.982 bits per heavy atom. The van der Waals surface area contributed by atoms with Gasteiger partial charge < -0.3 is 36.0 Å².